The molecule has 1 aliphatic carbocycles. The van der Waals surface area contributed by atoms with Crippen molar-refractivity contribution in [2.24, 2.45) is 11.3 Å². The number of carbonyl (C=O) groups is 3. The number of nitrogens with zero attached hydrogens (tertiary/aromatic N) is 3. The van der Waals surface area contributed by atoms with Crippen LogP contribution in [0.15, 0.2) is 24.5 Å². The number of carbonyl (C=O) groups excluding carboxylic acids is 2. The van der Waals surface area contributed by atoms with Crippen LogP contribution < -0.4 is 0 Å². The first-order chi connectivity index (χ1) is 14.1. The minimum Gasteiger partial charge on any atom is -0.475 e. The van der Waals surface area contributed by atoms with Crippen molar-refractivity contribution in [1.82, 2.24) is 14.8 Å². The number of piperidine rings is 1. The summed E-state index contributed by atoms with van der Waals surface area (Å²) in [5.41, 5.74) is 0.881. The lowest BCUT2D eigenvalue weighted by atomic mass is 9.70. The number of hydrogen-bond acceptors (Lipinski definition) is 4. The molecule has 2 saturated heterocycles. The van der Waals surface area contributed by atoms with Crippen molar-refractivity contribution in [3.05, 3.63) is 30.1 Å². The van der Waals surface area contributed by atoms with E-state index in [4.69, 9.17) is 9.90 Å². The maximum absolute atomic E-state index is 12.6. The van der Waals surface area contributed by atoms with Gasteiger partial charge in [-0.05, 0) is 37.3 Å². The number of aromatic nitrogens is 1. The molecule has 164 valence electrons. The van der Waals surface area contributed by atoms with Gasteiger partial charge >= 0.3 is 12.1 Å². The fraction of sp³-hybridized carbons (Fsp3) is 0.600. The molecule has 3 fully saturated rings. The lowest BCUT2D eigenvalue weighted by molar-refractivity contribution is -0.192. The Morgan fingerprint density at radius 3 is 2.30 bits per heavy atom. The van der Waals surface area contributed by atoms with Crippen molar-refractivity contribution in [2.75, 3.05) is 19.6 Å². The van der Waals surface area contributed by atoms with Gasteiger partial charge in [-0.3, -0.25) is 14.6 Å². The number of halogens is 3. The number of aliphatic carboxylic acids is 1. The van der Waals surface area contributed by atoms with Crippen LogP contribution in [-0.2, 0) is 20.9 Å². The molecule has 2 aliphatic heterocycles. The molecular formula is C20H24F3N3O4. The van der Waals surface area contributed by atoms with Gasteiger partial charge in [0, 0.05) is 44.5 Å². The van der Waals surface area contributed by atoms with Gasteiger partial charge in [-0.25, -0.2) is 4.79 Å². The number of pyridine rings is 1. The molecule has 10 heteroatoms. The Labute approximate surface area is 171 Å². The molecule has 0 aromatic carbocycles. The van der Waals surface area contributed by atoms with Gasteiger partial charge in [0.1, 0.15) is 0 Å². The summed E-state index contributed by atoms with van der Waals surface area (Å²) in [4.78, 5) is 41.8. The van der Waals surface area contributed by atoms with E-state index in [0.717, 1.165) is 50.9 Å². The lowest BCUT2D eigenvalue weighted by Gasteiger charge is -2.53. The highest BCUT2D eigenvalue weighted by Gasteiger charge is 2.53. The molecule has 1 spiro atoms. The van der Waals surface area contributed by atoms with Crippen LogP contribution in [0.2, 0.25) is 0 Å². The first-order valence-corrected chi connectivity index (χ1v) is 9.89. The molecule has 0 radical (unpaired) electrons. The van der Waals surface area contributed by atoms with E-state index >= 15 is 0 Å². The smallest absolute Gasteiger partial charge is 0.475 e. The number of carboxylic acid groups (broad SMARTS) is 1. The van der Waals surface area contributed by atoms with E-state index in [-0.39, 0.29) is 17.2 Å². The number of hydrogen-bond donors (Lipinski definition) is 1. The van der Waals surface area contributed by atoms with Crippen molar-refractivity contribution in [3.8, 4) is 0 Å². The van der Waals surface area contributed by atoms with Gasteiger partial charge in [-0.1, -0.05) is 12.5 Å². The summed E-state index contributed by atoms with van der Waals surface area (Å²) in [6.45, 7) is 2.98. The number of carboxylic acids is 1. The standard InChI is InChI=1S/C18H23N3O2.C2HF3O2/c22-16(15-4-1-5-15)20-9-6-18(7-10-20)13-21(17(18)23)12-14-3-2-8-19-11-14;3-2(4,5)1(6)7/h2-3,8,11,15H,1,4-7,9-10,12-13H2;(H,6,7). The van der Waals surface area contributed by atoms with Gasteiger partial charge in [0.15, 0.2) is 0 Å². The fourth-order valence-electron chi connectivity index (χ4n) is 4.03. The van der Waals surface area contributed by atoms with E-state index in [1.807, 2.05) is 28.1 Å². The normalized spacial score (nSPS) is 20.7. The summed E-state index contributed by atoms with van der Waals surface area (Å²) < 4.78 is 31.7. The van der Waals surface area contributed by atoms with Gasteiger partial charge in [0.2, 0.25) is 11.8 Å². The highest BCUT2D eigenvalue weighted by molar-refractivity contribution is 5.89. The third kappa shape index (κ3) is 4.73. The van der Waals surface area contributed by atoms with Gasteiger partial charge in [-0.15, -0.1) is 0 Å². The molecule has 3 heterocycles. The number of amides is 2. The number of β-lactam (4-membered cyclic amide) rings is 1. The van der Waals surface area contributed by atoms with Crippen LogP contribution >= 0.6 is 0 Å². The van der Waals surface area contributed by atoms with Crippen molar-refractivity contribution in [2.45, 2.75) is 44.8 Å². The van der Waals surface area contributed by atoms with Crippen LogP contribution in [-0.4, -0.2) is 63.5 Å². The number of alkyl halides is 3. The quantitative estimate of drug-likeness (QED) is 0.749. The highest BCUT2D eigenvalue weighted by atomic mass is 19.4. The summed E-state index contributed by atoms with van der Waals surface area (Å²) >= 11 is 0. The topological polar surface area (TPSA) is 90.8 Å². The molecule has 3 aliphatic rings. The van der Waals surface area contributed by atoms with Crippen molar-refractivity contribution < 1.29 is 32.7 Å². The maximum Gasteiger partial charge on any atom is 0.490 e. The molecule has 1 saturated carbocycles. The van der Waals surface area contributed by atoms with Crippen LogP contribution in [0.4, 0.5) is 13.2 Å². The molecule has 1 aromatic heterocycles. The minimum atomic E-state index is -5.08. The molecule has 0 atom stereocenters. The first-order valence-electron chi connectivity index (χ1n) is 9.89. The second kappa shape index (κ2) is 8.61. The Morgan fingerprint density at radius 2 is 1.87 bits per heavy atom. The zero-order chi connectivity index (χ0) is 21.9. The van der Waals surface area contributed by atoms with Crippen molar-refractivity contribution >= 4 is 17.8 Å². The van der Waals surface area contributed by atoms with Crippen LogP contribution in [0.5, 0.6) is 0 Å². The zero-order valence-electron chi connectivity index (χ0n) is 16.4. The molecule has 7 nitrogen and oxygen atoms in total. The van der Waals surface area contributed by atoms with Crippen LogP contribution in [0, 0.1) is 11.3 Å². The summed E-state index contributed by atoms with van der Waals surface area (Å²) in [6.07, 6.45) is 3.43. The van der Waals surface area contributed by atoms with Gasteiger partial charge in [0.25, 0.3) is 0 Å². The van der Waals surface area contributed by atoms with E-state index in [1.165, 1.54) is 6.42 Å². The molecule has 0 bridgehead atoms. The van der Waals surface area contributed by atoms with E-state index in [9.17, 15) is 22.8 Å². The Morgan fingerprint density at radius 1 is 1.23 bits per heavy atom. The molecular weight excluding hydrogens is 403 g/mol. The van der Waals surface area contributed by atoms with Crippen LogP contribution in [0.1, 0.15) is 37.7 Å². The maximum atomic E-state index is 12.6. The zero-order valence-corrected chi connectivity index (χ0v) is 16.4. The Bertz CT molecular complexity index is 788. The monoisotopic (exact) mass is 427 g/mol. The molecule has 30 heavy (non-hydrogen) atoms. The minimum absolute atomic E-state index is 0.196. The molecule has 1 N–H and O–H groups in total. The second-order valence-corrected chi connectivity index (χ2v) is 8.06. The van der Waals surface area contributed by atoms with E-state index < -0.39 is 12.1 Å². The third-order valence-electron chi connectivity index (χ3n) is 6.06. The molecule has 0 unspecified atom stereocenters. The summed E-state index contributed by atoms with van der Waals surface area (Å²) in [6, 6.07) is 3.91. The molecule has 1 aromatic rings. The average molecular weight is 427 g/mol. The first kappa shape index (κ1) is 22.0. The Hall–Kier alpha value is -2.65. The third-order valence-corrected chi connectivity index (χ3v) is 6.06. The molecule has 2 amide bonds. The predicted molar refractivity (Wildman–Crippen MR) is 98.9 cm³/mol. The lowest BCUT2D eigenvalue weighted by Crippen LogP contribution is -2.64. The average Bonchev–Trinajstić information content (AvgIpc) is 2.67. The fourth-order valence-corrected chi connectivity index (χ4v) is 4.03. The van der Waals surface area contributed by atoms with Gasteiger partial charge in [0.05, 0.1) is 5.41 Å². The summed E-state index contributed by atoms with van der Waals surface area (Å²) in [7, 11) is 0. The number of likely N-dealkylation sites (tertiary alicyclic amines) is 2. The SMILES string of the molecule is O=C(C1CCC1)N1CCC2(CC1)CN(Cc1cccnc1)C2=O.O=C(O)C(F)(F)F. The van der Waals surface area contributed by atoms with Crippen LogP contribution in [0.25, 0.3) is 0 Å². The van der Waals surface area contributed by atoms with Crippen molar-refractivity contribution in [1.29, 1.82) is 0 Å². The second-order valence-electron chi connectivity index (χ2n) is 8.06. The van der Waals surface area contributed by atoms with E-state index in [0.29, 0.717) is 12.5 Å². The van der Waals surface area contributed by atoms with Crippen molar-refractivity contribution in [3.63, 3.8) is 0 Å². The van der Waals surface area contributed by atoms with E-state index in [2.05, 4.69) is 4.98 Å². The van der Waals surface area contributed by atoms with Gasteiger partial charge in [-0.2, -0.15) is 13.2 Å². The highest BCUT2D eigenvalue weighted by Crippen LogP contribution is 2.43. The molecule has 4 rings (SSSR count). The van der Waals surface area contributed by atoms with E-state index in [1.54, 1.807) is 6.20 Å². The van der Waals surface area contributed by atoms with Gasteiger partial charge < -0.3 is 14.9 Å². The van der Waals surface area contributed by atoms with Crippen LogP contribution in [0.3, 0.4) is 0 Å². The summed E-state index contributed by atoms with van der Waals surface area (Å²) in [5, 5.41) is 7.12. The summed E-state index contributed by atoms with van der Waals surface area (Å²) in [5.74, 6) is -1.90. The number of rotatable bonds is 3. The predicted octanol–water partition coefficient (Wildman–Crippen LogP) is 2.47. The Balaban J connectivity index is 0.000000318. The Kier molecular flexibility index (Phi) is 6.33. The largest absolute Gasteiger partial charge is 0.490 e.